The topological polar surface area (TPSA) is 71.1 Å². The normalized spacial score (nSPS) is 14.3. The molecule has 0 radical (unpaired) electrons. The second-order valence-corrected chi connectivity index (χ2v) is 7.87. The number of carbonyl (C=O) groups excluding carboxylic acids is 2. The molecule has 2 aromatic rings. The van der Waals surface area contributed by atoms with Gasteiger partial charge in [-0.3, -0.25) is 4.90 Å². The van der Waals surface area contributed by atoms with Crippen LogP contribution in [0.25, 0.3) is 0 Å². The summed E-state index contributed by atoms with van der Waals surface area (Å²) in [7, 11) is 0. The molecular formula is C22H27N3O4. The molecule has 1 aliphatic rings. The molecule has 29 heavy (non-hydrogen) atoms. The maximum Gasteiger partial charge on any atom is 0.411 e. The number of para-hydroxylation sites is 1. The Labute approximate surface area is 171 Å². The monoisotopic (exact) mass is 397 g/mol. The Bertz CT molecular complexity index is 831. The maximum absolute atomic E-state index is 12.6. The zero-order valence-electron chi connectivity index (χ0n) is 17.1. The van der Waals surface area contributed by atoms with Crippen molar-refractivity contribution in [2.75, 3.05) is 25.1 Å². The van der Waals surface area contributed by atoms with Crippen LogP contribution in [0.4, 0.5) is 15.3 Å². The van der Waals surface area contributed by atoms with Gasteiger partial charge >= 0.3 is 12.1 Å². The average Bonchev–Trinajstić information content (AvgIpc) is 2.69. The van der Waals surface area contributed by atoms with Crippen LogP contribution in [-0.2, 0) is 4.74 Å². The molecule has 3 amide bonds. The van der Waals surface area contributed by atoms with Crippen LogP contribution in [0.15, 0.2) is 54.6 Å². The summed E-state index contributed by atoms with van der Waals surface area (Å²) in [6, 6.07) is 16.4. The van der Waals surface area contributed by atoms with Crippen molar-refractivity contribution in [3.8, 4) is 11.5 Å². The van der Waals surface area contributed by atoms with Gasteiger partial charge < -0.3 is 19.7 Å². The summed E-state index contributed by atoms with van der Waals surface area (Å²) in [5, 5.41) is 2.86. The molecule has 0 aliphatic carbocycles. The van der Waals surface area contributed by atoms with Crippen LogP contribution in [0.3, 0.4) is 0 Å². The smallest absolute Gasteiger partial charge is 0.411 e. The standard InChI is InChI=1S/C22H27N3O4/c1-22(2,3)29-21(27)25-15-7-14-24(16-25)20(26)23-17-10-12-19(13-11-17)28-18-8-5-4-6-9-18/h4-6,8-13H,7,14-16H2,1-3H3,(H,23,26). The number of ether oxygens (including phenoxy) is 2. The highest BCUT2D eigenvalue weighted by atomic mass is 16.6. The number of rotatable bonds is 3. The van der Waals surface area contributed by atoms with E-state index in [-0.39, 0.29) is 12.7 Å². The maximum atomic E-state index is 12.6. The van der Waals surface area contributed by atoms with Crippen LogP contribution in [0.2, 0.25) is 0 Å². The average molecular weight is 397 g/mol. The van der Waals surface area contributed by atoms with Gasteiger partial charge in [-0.1, -0.05) is 18.2 Å². The molecular weight excluding hydrogens is 370 g/mol. The second-order valence-electron chi connectivity index (χ2n) is 7.87. The molecule has 3 rings (SSSR count). The quantitative estimate of drug-likeness (QED) is 0.799. The van der Waals surface area contributed by atoms with Crippen molar-refractivity contribution in [2.45, 2.75) is 32.8 Å². The highest BCUT2D eigenvalue weighted by Crippen LogP contribution is 2.23. The summed E-state index contributed by atoms with van der Waals surface area (Å²) in [6.07, 6.45) is 0.300. The number of benzene rings is 2. The number of nitrogens with one attached hydrogen (secondary N) is 1. The van der Waals surface area contributed by atoms with Crippen molar-refractivity contribution >= 4 is 17.8 Å². The first-order chi connectivity index (χ1) is 13.8. The van der Waals surface area contributed by atoms with Crippen molar-refractivity contribution in [1.82, 2.24) is 9.80 Å². The summed E-state index contributed by atoms with van der Waals surface area (Å²) in [6.45, 7) is 6.83. The molecule has 0 aromatic heterocycles. The van der Waals surface area contributed by atoms with Crippen molar-refractivity contribution in [1.29, 1.82) is 0 Å². The number of hydrogen-bond donors (Lipinski definition) is 1. The summed E-state index contributed by atoms with van der Waals surface area (Å²) in [5.41, 5.74) is 0.0929. The fourth-order valence-corrected chi connectivity index (χ4v) is 2.87. The van der Waals surface area contributed by atoms with Gasteiger partial charge in [-0.25, -0.2) is 9.59 Å². The minimum absolute atomic E-state index is 0.204. The van der Waals surface area contributed by atoms with E-state index in [0.717, 1.165) is 5.75 Å². The Morgan fingerprint density at radius 3 is 2.17 bits per heavy atom. The summed E-state index contributed by atoms with van der Waals surface area (Å²) >= 11 is 0. The van der Waals surface area contributed by atoms with E-state index in [1.54, 1.807) is 34.1 Å². The van der Waals surface area contributed by atoms with Crippen LogP contribution in [0, 0.1) is 0 Å². The van der Waals surface area contributed by atoms with Crippen LogP contribution in [0.5, 0.6) is 11.5 Å². The van der Waals surface area contributed by atoms with E-state index in [2.05, 4.69) is 5.32 Å². The lowest BCUT2D eigenvalue weighted by Gasteiger charge is -2.36. The van der Waals surface area contributed by atoms with Crippen LogP contribution in [0.1, 0.15) is 27.2 Å². The van der Waals surface area contributed by atoms with Gasteiger partial charge in [-0.2, -0.15) is 0 Å². The molecule has 0 bridgehead atoms. The van der Waals surface area contributed by atoms with Gasteiger partial charge in [-0.15, -0.1) is 0 Å². The first-order valence-electron chi connectivity index (χ1n) is 9.67. The lowest BCUT2D eigenvalue weighted by molar-refractivity contribution is 0.00928. The molecule has 0 spiro atoms. The minimum Gasteiger partial charge on any atom is -0.457 e. The first-order valence-corrected chi connectivity index (χ1v) is 9.67. The molecule has 0 atom stereocenters. The van der Waals surface area contributed by atoms with E-state index in [1.165, 1.54) is 0 Å². The minimum atomic E-state index is -0.564. The van der Waals surface area contributed by atoms with Gasteiger partial charge in [0.2, 0.25) is 0 Å². The Balaban J connectivity index is 1.54. The fraction of sp³-hybridized carbons (Fsp3) is 0.364. The van der Waals surface area contributed by atoms with Gasteiger partial charge in [0.15, 0.2) is 0 Å². The Morgan fingerprint density at radius 1 is 0.897 bits per heavy atom. The van der Waals surface area contributed by atoms with E-state index in [1.807, 2.05) is 51.1 Å². The third-order valence-electron chi connectivity index (χ3n) is 4.22. The van der Waals surface area contributed by atoms with Gasteiger partial charge in [0.05, 0.1) is 0 Å². The number of urea groups is 1. The number of anilines is 1. The largest absolute Gasteiger partial charge is 0.457 e. The number of amides is 3. The Morgan fingerprint density at radius 2 is 1.52 bits per heavy atom. The zero-order chi connectivity index (χ0) is 20.9. The highest BCUT2D eigenvalue weighted by Gasteiger charge is 2.28. The lowest BCUT2D eigenvalue weighted by Crippen LogP contribution is -2.52. The number of carbonyl (C=O) groups is 2. The SMILES string of the molecule is CC(C)(C)OC(=O)N1CCCN(C(=O)Nc2ccc(Oc3ccccc3)cc2)C1. The number of nitrogens with zero attached hydrogens (tertiary/aromatic N) is 2. The second kappa shape index (κ2) is 8.86. The molecule has 154 valence electrons. The highest BCUT2D eigenvalue weighted by molar-refractivity contribution is 5.89. The fourth-order valence-electron chi connectivity index (χ4n) is 2.87. The van der Waals surface area contributed by atoms with Crippen LogP contribution in [-0.4, -0.2) is 47.3 Å². The molecule has 2 aromatic carbocycles. The van der Waals surface area contributed by atoms with Gasteiger partial charge in [0.25, 0.3) is 0 Å². The number of hydrogen-bond acceptors (Lipinski definition) is 4. The molecule has 0 saturated carbocycles. The van der Waals surface area contributed by atoms with Crippen molar-refractivity contribution < 1.29 is 19.1 Å². The van der Waals surface area contributed by atoms with Gasteiger partial charge in [-0.05, 0) is 63.6 Å². The van der Waals surface area contributed by atoms with Crippen molar-refractivity contribution in [3.63, 3.8) is 0 Å². The summed E-state index contributed by atoms with van der Waals surface area (Å²) < 4.78 is 11.2. The predicted molar refractivity (Wildman–Crippen MR) is 111 cm³/mol. The van der Waals surface area contributed by atoms with Gasteiger partial charge in [0, 0.05) is 18.8 Å². The molecule has 1 aliphatic heterocycles. The van der Waals surface area contributed by atoms with E-state index in [4.69, 9.17) is 9.47 Å². The molecule has 1 N–H and O–H groups in total. The third-order valence-corrected chi connectivity index (χ3v) is 4.22. The summed E-state index contributed by atoms with van der Waals surface area (Å²) in [5.74, 6) is 1.43. The van der Waals surface area contributed by atoms with E-state index in [0.29, 0.717) is 30.9 Å². The molecule has 1 fully saturated rings. The van der Waals surface area contributed by atoms with E-state index in [9.17, 15) is 9.59 Å². The van der Waals surface area contributed by atoms with Crippen molar-refractivity contribution in [2.24, 2.45) is 0 Å². The lowest BCUT2D eigenvalue weighted by atomic mass is 10.2. The van der Waals surface area contributed by atoms with Gasteiger partial charge in [0.1, 0.15) is 23.8 Å². The Kier molecular flexibility index (Phi) is 6.26. The Hall–Kier alpha value is -3.22. The first kappa shape index (κ1) is 20.5. The van der Waals surface area contributed by atoms with Crippen LogP contribution >= 0.6 is 0 Å². The van der Waals surface area contributed by atoms with Crippen LogP contribution < -0.4 is 10.1 Å². The predicted octanol–water partition coefficient (Wildman–Crippen LogP) is 4.91. The third kappa shape index (κ3) is 6.14. The molecule has 7 heteroatoms. The van der Waals surface area contributed by atoms with E-state index < -0.39 is 11.7 Å². The van der Waals surface area contributed by atoms with Crippen molar-refractivity contribution in [3.05, 3.63) is 54.6 Å². The van der Waals surface area contributed by atoms with E-state index >= 15 is 0 Å². The zero-order valence-corrected chi connectivity index (χ0v) is 17.1. The molecule has 1 heterocycles. The molecule has 0 unspecified atom stereocenters. The molecule has 1 saturated heterocycles. The molecule has 7 nitrogen and oxygen atoms in total. The summed E-state index contributed by atoms with van der Waals surface area (Å²) in [4.78, 5) is 28.0.